The van der Waals surface area contributed by atoms with Gasteiger partial charge in [-0.25, -0.2) is 0 Å². The average molecular weight is 525 g/mol. The van der Waals surface area contributed by atoms with Gasteiger partial charge in [0.1, 0.15) is 12.3 Å². The topological polar surface area (TPSA) is 77.0 Å². The Morgan fingerprint density at radius 1 is 1.08 bits per heavy atom. The Labute approximate surface area is 219 Å². The number of fused-ring (bicyclic) bond motifs is 1. The molecule has 2 aliphatic rings. The number of thiophene rings is 1. The molecule has 1 atom stereocenters. The number of aromatic nitrogens is 1. The van der Waals surface area contributed by atoms with Crippen molar-refractivity contribution in [3.8, 4) is 5.75 Å². The minimum Gasteiger partial charge on any atom is -0.508 e. The zero-order chi connectivity index (χ0) is 25.1. The summed E-state index contributed by atoms with van der Waals surface area (Å²) in [5.74, 6) is 0.204. The fourth-order valence-electron chi connectivity index (χ4n) is 5.16. The lowest BCUT2D eigenvalue weighted by Gasteiger charge is -2.26. The Bertz CT molecular complexity index is 1230. The van der Waals surface area contributed by atoms with Crippen LogP contribution in [0.4, 0.5) is 11.4 Å². The molecule has 3 aromatic rings. The zero-order valence-corrected chi connectivity index (χ0v) is 21.5. The van der Waals surface area contributed by atoms with Crippen LogP contribution >= 0.6 is 22.9 Å². The number of carbonyl (C=O) groups excluding carboxylic acids is 2. The van der Waals surface area contributed by atoms with Gasteiger partial charge in [0.05, 0.1) is 21.4 Å². The van der Waals surface area contributed by atoms with Crippen molar-refractivity contribution in [2.24, 2.45) is 5.92 Å². The van der Waals surface area contributed by atoms with E-state index < -0.39 is 0 Å². The summed E-state index contributed by atoms with van der Waals surface area (Å²) in [6.07, 6.45) is 7.80. The molecule has 0 aliphatic carbocycles. The minimum absolute atomic E-state index is 0.0387. The Morgan fingerprint density at radius 3 is 2.69 bits per heavy atom. The van der Waals surface area contributed by atoms with Gasteiger partial charge in [-0.1, -0.05) is 17.7 Å². The van der Waals surface area contributed by atoms with Crippen molar-refractivity contribution in [1.82, 2.24) is 9.88 Å². The van der Waals surface area contributed by atoms with E-state index in [0.717, 1.165) is 38.8 Å². The number of phenolic OH excluding ortho intramolecular Hbond substituents is 1. The highest BCUT2D eigenvalue weighted by Crippen LogP contribution is 2.34. The van der Waals surface area contributed by atoms with Crippen molar-refractivity contribution in [2.45, 2.75) is 32.2 Å². The lowest BCUT2D eigenvalue weighted by Crippen LogP contribution is -2.40. The zero-order valence-electron chi connectivity index (χ0n) is 20.0. The Hall–Kier alpha value is -3.10. The van der Waals surface area contributed by atoms with Crippen molar-refractivity contribution in [1.29, 1.82) is 0 Å². The van der Waals surface area contributed by atoms with Crippen LogP contribution in [0.15, 0.2) is 54.9 Å². The molecule has 1 fully saturated rings. The maximum Gasteiger partial charge on any atom is 0.264 e. The van der Waals surface area contributed by atoms with Gasteiger partial charge >= 0.3 is 0 Å². The number of amides is 2. The molecule has 1 unspecified atom stereocenters. The van der Waals surface area contributed by atoms with Crippen molar-refractivity contribution in [3.05, 3.63) is 69.6 Å². The van der Waals surface area contributed by atoms with E-state index in [4.69, 9.17) is 11.6 Å². The van der Waals surface area contributed by atoms with E-state index in [0.29, 0.717) is 32.9 Å². The van der Waals surface area contributed by atoms with Crippen molar-refractivity contribution >= 4 is 46.1 Å². The summed E-state index contributed by atoms with van der Waals surface area (Å²) in [5, 5.41) is 10.6. The van der Waals surface area contributed by atoms with Gasteiger partial charge in [0.2, 0.25) is 5.91 Å². The molecular weight excluding hydrogens is 496 g/mol. The van der Waals surface area contributed by atoms with Crippen LogP contribution < -0.4 is 9.80 Å². The maximum atomic E-state index is 13.4. The molecule has 0 radical (unpaired) electrons. The van der Waals surface area contributed by atoms with Crippen LogP contribution in [0, 0.1) is 5.92 Å². The molecule has 1 aromatic carbocycles. The first-order valence-electron chi connectivity index (χ1n) is 12.3. The van der Waals surface area contributed by atoms with Gasteiger partial charge < -0.3 is 19.8 Å². The largest absolute Gasteiger partial charge is 0.508 e. The minimum atomic E-state index is -0.253. The quantitative estimate of drug-likeness (QED) is 0.497. The predicted molar refractivity (Wildman–Crippen MR) is 143 cm³/mol. The summed E-state index contributed by atoms with van der Waals surface area (Å²) in [7, 11) is 0. The molecule has 188 valence electrons. The van der Waals surface area contributed by atoms with E-state index in [1.807, 2.05) is 18.5 Å². The van der Waals surface area contributed by atoms with Crippen LogP contribution in [0.3, 0.4) is 0 Å². The second-order valence-corrected chi connectivity index (χ2v) is 11.1. The Balaban J connectivity index is 1.30. The number of nitrogens with zero attached hydrogens (tertiary/aromatic N) is 4. The number of hydrogen-bond donors (Lipinski definition) is 1. The summed E-state index contributed by atoms with van der Waals surface area (Å²) < 4.78 is 0.523. The van der Waals surface area contributed by atoms with Crippen LogP contribution in [0.2, 0.25) is 4.34 Å². The summed E-state index contributed by atoms with van der Waals surface area (Å²) in [6, 6.07) is 12.7. The Morgan fingerprint density at radius 2 is 1.92 bits per heavy atom. The molecule has 5 rings (SSSR count). The third kappa shape index (κ3) is 5.34. The van der Waals surface area contributed by atoms with E-state index >= 15 is 0 Å². The number of pyridine rings is 1. The normalized spacial score (nSPS) is 18.5. The highest BCUT2D eigenvalue weighted by molar-refractivity contribution is 7.17. The summed E-state index contributed by atoms with van der Waals surface area (Å²) in [4.78, 5) is 36.9. The maximum absolute atomic E-state index is 13.4. The van der Waals surface area contributed by atoms with Crippen LogP contribution in [-0.4, -0.2) is 53.0 Å². The molecule has 0 spiro atoms. The van der Waals surface area contributed by atoms with Crippen molar-refractivity contribution in [3.63, 3.8) is 0 Å². The van der Waals surface area contributed by atoms with E-state index in [1.165, 1.54) is 21.9 Å². The lowest BCUT2D eigenvalue weighted by molar-refractivity contribution is -0.119. The van der Waals surface area contributed by atoms with Gasteiger partial charge in [-0.05, 0) is 68.0 Å². The fourth-order valence-corrected chi connectivity index (χ4v) is 6.17. The number of anilines is 2. The number of hydrogen-bond acceptors (Lipinski definition) is 6. The Kier molecular flexibility index (Phi) is 7.43. The number of phenols is 1. The van der Waals surface area contributed by atoms with Crippen molar-refractivity contribution < 1.29 is 14.7 Å². The molecule has 2 aromatic heterocycles. The molecule has 1 N–H and O–H groups in total. The first-order valence-corrected chi connectivity index (χ1v) is 13.5. The number of aromatic hydroxyl groups is 1. The number of carbonyl (C=O) groups is 2. The highest BCUT2D eigenvalue weighted by atomic mass is 35.5. The molecule has 36 heavy (non-hydrogen) atoms. The molecule has 4 heterocycles. The molecule has 2 amide bonds. The second-order valence-electron chi connectivity index (χ2n) is 9.36. The van der Waals surface area contributed by atoms with Crippen molar-refractivity contribution in [2.75, 3.05) is 36.0 Å². The van der Waals surface area contributed by atoms with Crippen LogP contribution in [0.1, 0.15) is 40.9 Å². The van der Waals surface area contributed by atoms with Crippen LogP contribution in [-0.2, 0) is 11.3 Å². The van der Waals surface area contributed by atoms with Gasteiger partial charge in [-0.3, -0.25) is 14.6 Å². The van der Waals surface area contributed by atoms with Gasteiger partial charge in [-0.15, -0.1) is 11.3 Å². The van der Waals surface area contributed by atoms with Gasteiger partial charge in [0, 0.05) is 43.3 Å². The average Bonchev–Trinajstić information content (AvgIpc) is 3.10. The van der Waals surface area contributed by atoms with E-state index in [2.05, 4.69) is 22.0 Å². The fraction of sp³-hybridized carbons (Fsp3) is 0.370. The molecule has 2 aliphatic heterocycles. The van der Waals surface area contributed by atoms with Gasteiger partial charge in [0.15, 0.2) is 0 Å². The third-order valence-corrected chi connectivity index (χ3v) is 8.32. The highest BCUT2D eigenvalue weighted by Gasteiger charge is 2.32. The van der Waals surface area contributed by atoms with Gasteiger partial charge in [0.25, 0.3) is 5.91 Å². The van der Waals surface area contributed by atoms with Crippen LogP contribution in [0.25, 0.3) is 0 Å². The van der Waals surface area contributed by atoms with E-state index in [1.54, 1.807) is 29.2 Å². The summed E-state index contributed by atoms with van der Waals surface area (Å²) in [6.45, 7) is 2.68. The van der Waals surface area contributed by atoms with Gasteiger partial charge in [-0.2, -0.15) is 0 Å². The predicted octanol–water partition coefficient (Wildman–Crippen LogP) is 5.19. The molecular formula is C27H29ClN4O3S. The number of benzene rings is 1. The first-order chi connectivity index (χ1) is 17.5. The van der Waals surface area contributed by atoms with E-state index in [-0.39, 0.29) is 30.7 Å². The molecule has 1 saturated heterocycles. The lowest BCUT2D eigenvalue weighted by atomic mass is 9.96. The molecule has 0 saturated carbocycles. The second kappa shape index (κ2) is 10.9. The SMILES string of the molecule is O=C(c1ccc(Cl)s1)N1CC(=O)N(CCC2CCCN(c3ccncc3)CC2)c2cccc(O)c2C1. The smallest absolute Gasteiger partial charge is 0.264 e. The standard InChI is InChI=1S/C27H29ClN4O3S/c28-25-7-6-24(36-25)27(35)31-17-21-22(4-1-5-23(21)33)32(26(34)18-31)16-11-19-3-2-14-30(15-10-19)20-8-12-29-13-9-20/h1,4-9,12-13,19,33H,2-3,10-11,14-18H2. The van der Waals surface area contributed by atoms with E-state index in [9.17, 15) is 14.7 Å². The first kappa shape index (κ1) is 24.6. The van der Waals surface area contributed by atoms with Crippen LogP contribution in [0.5, 0.6) is 5.75 Å². The molecule has 7 nitrogen and oxygen atoms in total. The third-order valence-electron chi connectivity index (χ3n) is 7.10. The monoisotopic (exact) mass is 524 g/mol. The summed E-state index contributed by atoms with van der Waals surface area (Å²) in [5.41, 5.74) is 2.49. The number of halogens is 1. The molecule has 9 heteroatoms. The number of rotatable bonds is 5. The summed E-state index contributed by atoms with van der Waals surface area (Å²) >= 11 is 7.22. The molecule has 0 bridgehead atoms.